The zero-order valence-corrected chi connectivity index (χ0v) is 10.2. The summed E-state index contributed by atoms with van der Waals surface area (Å²) < 4.78 is 1.26. The maximum atomic E-state index is 11.0. The van der Waals surface area contributed by atoms with Crippen molar-refractivity contribution in [1.29, 1.82) is 0 Å². The molecule has 0 radical (unpaired) electrons. The van der Waals surface area contributed by atoms with Crippen molar-refractivity contribution in [2.75, 3.05) is 0 Å². The van der Waals surface area contributed by atoms with Crippen molar-refractivity contribution in [2.24, 2.45) is 0 Å². The lowest BCUT2D eigenvalue weighted by Gasteiger charge is -2.06. The van der Waals surface area contributed by atoms with Crippen molar-refractivity contribution < 1.29 is 19.8 Å². The van der Waals surface area contributed by atoms with E-state index in [1.165, 1.54) is 29.1 Å². The lowest BCUT2D eigenvalue weighted by atomic mass is 10.2. The van der Waals surface area contributed by atoms with Gasteiger partial charge in [0, 0.05) is 0 Å². The highest BCUT2D eigenvalue weighted by Gasteiger charge is 2.14. The Balaban J connectivity index is 2.48. The number of carboxylic acid groups (broad SMARTS) is 2. The van der Waals surface area contributed by atoms with Gasteiger partial charge in [-0.2, -0.15) is 0 Å². The molecular weight excluding hydrogens is 274 g/mol. The minimum Gasteiger partial charge on any atom is -0.481 e. The molecule has 1 heterocycles. The molecular formula is C11H8ClN3O4. The van der Waals surface area contributed by atoms with Crippen LogP contribution < -0.4 is 0 Å². The van der Waals surface area contributed by atoms with E-state index in [-0.39, 0.29) is 17.0 Å². The number of aromatic carboxylic acids is 1. The maximum Gasteiger partial charge on any atom is 0.337 e. The molecule has 0 aliphatic rings. The van der Waals surface area contributed by atoms with Gasteiger partial charge in [-0.3, -0.25) is 4.79 Å². The second kappa shape index (κ2) is 5.07. The number of carbonyl (C=O) groups is 2. The monoisotopic (exact) mass is 281 g/mol. The molecule has 1 aromatic carbocycles. The summed E-state index contributed by atoms with van der Waals surface area (Å²) in [4.78, 5) is 21.7. The molecule has 0 amide bonds. The van der Waals surface area contributed by atoms with Crippen LogP contribution in [0, 0.1) is 0 Å². The van der Waals surface area contributed by atoms with Crippen molar-refractivity contribution >= 4 is 23.5 Å². The van der Waals surface area contributed by atoms with E-state index in [9.17, 15) is 9.59 Å². The number of rotatable bonds is 4. The third-order valence-corrected chi connectivity index (χ3v) is 2.71. The average molecular weight is 282 g/mol. The Morgan fingerprint density at radius 3 is 2.68 bits per heavy atom. The summed E-state index contributed by atoms with van der Waals surface area (Å²) in [5, 5.41) is 25.2. The van der Waals surface area contributed by atoms with Crippen LogP contribution in [0.4, 0.5) is 0 Å². The van der Waals surface area contributed by atoms with Crippen LogP contribution in [0.1, 0.15) is 16.1 Å². The number of halogens is 1. The first-order valence-electron chi connectivity index (χ1n) is 5.13. The van der Waals surface area contributed by atoms with Gasteiger partial charge >= 0.3 is 11.9 Å². The third kappa shape index (κ3) is 2.71. The van der Waals surface area contributed by atoms with E-state index in [1.54, 1.807) is 0 Å². The van der Waals surface area contributed by atoms with E-state index in [1.807, 2.05) is 0 Å². The molecule has 0 saturated heterocycles. The Morgan fingerprint density at radius 1 is 1.32 bits per heavy atom. The summed E-state index contributed by atoms with van der Waals surface area (Å²) in [6.07, 6.45) is 1.04. The summed E-state index contributed by atoms with van der Waals surface area (Å²) in [6, 6.07) is 4.26. The Morgan fingerprint density at radius 2 is 2.05 bits per heavy atom. The van der Waals surface area contributed by atoms with Gasteiger partial charge in [0.05, 0.1) is 34.6 Å². The van der Waals surface area contributed by atoms with Gasteiger partial charge < -0.3 is 10.2 Å². The fourth-order valence-corrected chi connectivity index (χ4v) is 1.76. The number of hydrogen-bond acceptors (Lipinski definition) is 4. The first-order valence-corrected chi connectivity index (χ1v) is 5.51. The minimum absolute atomic E-state index is 0.0871. The van der Waals surface area contributed by atoms with Gasteiger partial charge in [-0.05, 0) is 18.2 Å². The van der Waals surface area contributed by atoms with Crippen LogP contribution >= 0.6 is 11.6 Å². The Kier molecular flexibility index (Phi) is 3.48. The van der Waals surface area contributed by atoms with Crippen LogP contribution in [0.3, 0.4) is 0 Å². The second-order valence-corrected chi connectivity index (χ2v) is 4.08. The SMILES string of the molecule is O=C(O)Cc1cnnn1-c1ccc(Cl)c(C(=O)O)c1. The van der Waals surface area contributed by atoms with Crippen LogP contribution in [0.15, 0.2) is 24.4 Å². The quantitative estimate of drug-likeness (QED) is 0.873. The number of aromatic nitrogens is 3. The van der Waals surface area contributed by atoms with Crippen LogP contribution in [0.25, 0.3) is 5.69 Å². The fourth-order valence-electron chi connectivity index (χ4n) is 1.56. The molecule has 8 heteroatoms. The van der Waals surface area contributed by atoms with E-state index < -0.39 is 11.9 Å². The lowest BCUT2D eigenvalue weighted by Crippen LogP contribution is -2.09. The lowest BCUT2D eigenvalue weighted by molar-refractivity contribution is -0.136. The smallest absolute Gasteiger partial charge is 0.337 e. The summed E-state index contributed by atoms with van der Waals surface area (Å²) in [5.74, 6) is -2.21. The average Bonchev–Trinajstić information content (AvgIpc) is 2.76. The zero-order chi connectivity index (χ0) is 14.0. The predicted octanol–water partition coefficient (Wildman–Crippen LogP) is 1.25. The summed E-state index contributed by atoms with van der Waals surface area (Å²) in [5.41, 5.74) is 0.637. The molecule has 2 rings (SSSR count). The highest BCUT2D eigenvalue weighted by atomic mass is 35.5. The van der Waals surface area contributed by atoms with Crippen LogP contribution in [-0.2, 0) is 11.2 Å². The molecule has 0 aliphatic carbocycles. The Bertz CT molecular complexity index is 653. The maximum absolute atomic E-state index is 11.0. The zero-order valence-electron chi connectivity index (χ0n) is 9.45. The highest BCUT2D eigenvalue weighted by molar-refractivity contribution is 6.33. The van der Waals surface area contributed by atoms with Crippen molar-refractivity contribution in [3.05, 3.63) is 40.7 Å². The van der Waals surface area contributed by atoms with Crippen molar-refractivity contribution in [3.63, 3.8) is 0 Å². The van der Waals surface area contributed by atoms with Crippen molar-refractivity contribution in [2.45, 2.75) is 6.42 Å². The van der Waals surface area contributed by atoms with Gasteiger partial charge in [0.1, 0.15) is 0 Å². The molecule has 19 heavy (non-hydrogen) atoms. The molecule has 2 N–H and O–H groups in total. The molecule has 7 nitrogen and oxygen atoms in total. The molecule has 0 spiro atoms. The van der Waals surface area contributed by atoms with Gasteiger partial charge in [-0.15, -0.1) is 5.10 Å². The third-order valence-electron chi connectivity index (χ3n) is 2.38. The number of hydrogen-bond donors (Lipinski definition) is 2. The van der Waals surface area contributed by atoms with Crippen LogP contribution in [0.5, 0.6) is 0 Å². The Labute approximate surface area is 112 Å². The van der Waals surface area contributed by atoms with Gasteiger partial charge in [0.2, 0.25) is 0 Å². The van der Waals surface area contributed by atoms with E-state index in [0.29, 0.717) is 11.4 Å². The molecule has 0 unspecified atom stereocenters. The molecule has 0 aliphatic heterocycles. The van der Waals surface area contributed by atoms with Gasteiger partial charge in [0.25, 0.3) is 0 Å². The molecule has 0 fully saturated rings. The highest BCUT2D eigenvalue weighted by Crippen LogP contribution is 2.20. The fraction of sp³-hybridized carbons (Fsp3) is 0.0909. The molecule has 98 valence electrons. The molecule has 0 saturated carbocycles. The molecule has 0 bridgehead atoms. The topological polar surface area (TPSA) is 105 Å². The van der Waals surface area contributed by atoms with Crippen LogP contribution in [0.2, 0.25) is 5.02 Å². The number of benzene rings is 1. The van der Waals surface area contributed by atoms with E-state index >= 15 is 0 Å². The van der Waals surface area contributed by atoms with Crippen LogP contribution in [-0.4, -0.2) is 37.1 Å². The molecule has 1 aromatic heterocycles. The van der Waals surface area contributed by atoms with E-state index in [4.69, 9.17) is 21.8 Å². The van der Waals surface area contributed by atoms with Gasteiger partial charge in [-0.25, -0.2) is 9.48 Å². The number of aliphatic carboxylic acids is 1. The first kappa shape index (κ1) is 13.0. The largest absolute Gasteiger partial charge is 0.481 e. The normalized spacial score (nSPS) is 10.4. The summed E-state index contributed by atoms with van der Waals surface area (Å²) in [7, 11) is 0. The second-order valence-electron chi connectivity index (χ2n) is 3.68. The van der Waals surface area contributed by atoms with E-state index in [0.717, 1.165) is 0 Å². The standard InChI is InChI=1S/C11H8ClN3O4/c12-9-2-1-6(3-8(9)11(18)19)15-7(4-10(16)17)5-13-14-15/h1-3,5H,4H2,(H,16,17)(H,18,19). The van der Waals surface area contributed by atoms with Gasteiger partial charge in [0.15, 0.2) is 0 Å². The Hall–Kier alpha value is -2.41. The summed E-state index contributed by atoms with van der Waals surface area (Å²) >= 11 is 5.76. The van der Waals surface area contributed by atoms with E-state index in [2.05, 4.69) is 10.3 Å². The van der Waals surface area contributed by atoms with Gasteiger partial charge in [-0.1, -0.05) is 16.8 Å². The summed E-state index contributed by atoms with van der Waals surface area (Å²) in [6.45, 7) is 0. The molecule has 0 atom stereocenters. The number of carboxylic acids is 2. The minimum atomic E-state index is -1.17. The molecule has 2 aromatic rings. The first-order chi connectivity index (χ1) is 8.99. The van der Waals surface area contributed by atoms with Crippen molar-refractivity contribution in [3.8, 4) is 5.69 Å². The predicted molar refractivity (Wildman–Crippen MR) is 64.7 cm³/mol. The van der Waals surface area contributed by atoms with Crippen molar-refractivity contribution in [1.82, 2.24) is 15.0 Å². The number of nitrogens with zero attached hydrogens (tertiary/aromatic N) is 3.